The Labute approximate surface area is 120 Å². The zero-order valence-corrected chi connectivity index (χ0v) is 11.0. The predicted octanol–water partition coefficient (Wildman–Crippen LogP) is 1.01. The first-order valence-corrected chi connectivity index (χ1v) is 6.24. The number of ether oxygens (including phenoxy) is 2. The lowest BCUT2D eigenvalue weighted by atomic mass is 10.2. The number of esters is 2. The number of nitrogens with zero attached hydrogens (tertiary/aromatic N) is 1. The van der Waals surface area contributed by atoms with Gasteiger partial charge in [0.2, 0.25) is 12.0 Å². The number of cyclic esters (lactones) is 1. The monoisotopic (exact) mass is 288 g/mol. The summed E-state index contributed by atoms with van der Waals surface area (Å²) in [6.07, 6.45) is -0.743. The summed E-state index contributed by atoms with van der Waals surface area (Å²) in [5.41, 5.74) is 0.722. The van der Waals surface area contributed by atoms with Gasteiger partial charge in [-0.05, 0) is 24.3 Å². The Hall–Kier alpha value is -2.88. The summed E-state index contributed by atoms with van der Waals surface area (Å²) < 4.78 is 9.72. The number of carbonyl (C=O) groups excluding carboxylic acids is 3. The number of nitriles is 1. The second-order valence-corrected chi connectivity index (χ2v) is 4.31. The topological polar surface area (TPSA) is 105 Å². The van der Waals surface area contributed by atoms with Crippen molar-refractivity contribution in [3.05, 3.63) is 29.8 Å². The van der Waals surface area contributed by atoms with Crippen LogP contribution in [0.5, 0.6) is 0 Å². The van der Waals surface area contributed by atoms with Gasteiger partial charge in [-0.3, -0.25) is 4.79 Å². The summed E-state index contributed by atoms with van der Waals surface area (Å²) in [5.74, 6) is -1.60. The lowest BCUT2D eigenvalue weighted by Gasteiger charge is -2.09. The van der Waals surface area contributed by atoms with Crippen LogP contribution in [0.25, 0.3) is 0 Å². The molecule has 1 heterocycles. The minimum atomic E-state index is -0.854. The summed E-state index contributed by atoms with van der Waals surface area (Å²) in [7, 11) is 0. The van der Waals surface area contributed by atoms with Crippen molar-refractivity contribution in [2.45, 2.75) is 18.9 Å². The molecular formula is C14H12N2O5. The molecule has 108 valence electrons. The third-order valence-electron chi connectivity index (χ3n) is 2.78. The van der Waals surface area contributed by atoms with Crippen LogP contribution < -0.4 is 5.32 Å². The first-order chi connectivity index (χ1) is 10.1. The van der Waals surface area contributed by atoms with E-state index in [4.69, 9.17) is 14.7 Å². The zero-order valence-electron chi connectivity index (χ0n) is 11.0. The maximum Gasteiger partial charge on any atom is 0.347 e. The molecule has 1 N–H and O–H groups in total. The number of rotatable bonds is 4. The van der Waals surface area contributed by atoms with Crippen LogP contribution >= 0.6 is 0 Å². The van der Waals surface area contributed by atoms with Crippen molar-refractivity contribution in [3.63, 3.8) is 0 Å². The molecule has 1 atom stereocenters. The number of amides is 1. The molecule has 2 rings (SSSR count). The molecule has 1 aromatic carbocycles. The Morgan fingerprint density at radius 1 is 1.38 bits per heavy atom. The Morgan fingerprint density at radius 3 is 2.67 bits per heavy atom. The fraction of sp³-hybridized carbons (Fsp3) is 0.286. The number of benzene rings is 1. The van der Waals surface area contributed by atoms with Crippen LogP contribution in [-0.4, -0.2) is 30.6 Å². The molecular weight excluding hydrogens is 276 g/mol. The standard InChI is InChI=1S/C14H12N2O5/c15-7-5-12(17)16-10-3-1-9(2-4-10)13(18)21-11-6-8-20-14(11)19/h1-4,11H,5-6,8H2,(H,16,17)/t11-/m1/s1. The molecule has 1 fully saturated rings. The average Bonchev–Trinajstić information content (AvgIpc) is 2.85. The fourth-order valence-corrected chi connectivity index (χ4v) is 1.75. The van der Waals surface area contributed by atoms with Gasteiger partial charge in [-0.15, -0.1) is 0 Å². The Kier molecular flexibility index (Phi) is 4.51. The van der Waals surface area contributed by atoms with E-state index in [-0.39, 0.29) is 18.6 Å². The van der Waals surface area contributed by atoms with E-state index in [0.29, 0.717) is 12.1 Å². The summed E-state index contributed by atoms with van der Waals surface area (Å²) in [4.78, 5) is 34.2. The molecule has 1 aromatic rings. The SMILES string of the molecule is N#CCC(=O)Nc1ccc(C(=O)O[C@@H]2CCOC2=O)cc1. The van der Waals surface area contributed by atoms with Gasteiger partial charge in [0.25, 0.3) is 0 Å². The highest BCUT2D eigenvalue weighted by atomic mass is 16.6. The van der Waals surface area contributed by atoms with E-state index >= 15 is 0 Å². The van der Waals surface area contributed by atoms with Crippen LogP contribution in [0.2, 0.25) is 0 Å². The van der Waals surface area contributed by atoms with Gasteiger partial charge in [-0.1, -0.05) is 0 Å². The number of hydrogen-bond acceptors (Lipinski definition) is 6. The van der Waals surface area contributed by atoms with Gasteiger partial charge in [0.05, 0.1) is 18.2 Å². The van der Waals surface area contributed by atoms with E-state index in [1.807, 2.05) is 0 Å². The van der Waals surface area contributed by atoms with Crippen LogP contribution in [0.3, 0.4) is 0 Å². The molecule has 1 aliphatic rings. The molecule has 0 aromatic heterocycles. The number of anilines is 1. The molecule has 0 bridgehead atoms. The average molecular weight is 288 g/mol. The van der Waals surface area contributed by atoms with Crippen LogP contribution in [0.15, 0.2) is 24.3 Å². The van der Waals surface area contributed by atoms with Crippen molar-refractivity contribution in [1.29, 1.82) is 5.26 Å². The number of nitrogens with one attached hydrogen (secondary N) is 1. The van der Waals surface area contributed by atoms with Gasteiger partial charge in [0.1, 0.15) is 6.42 Å². The van der Waals surface area contributed by atoms with Crippen molar-refractivity contribution in [3.8, 4) is 6.07 Å². The second-order valence-electron chi connectivity index (χ2n) is 4.31. The highest BCUT2D eigenvalue weighted by molar-refractivity contribution is 5.94. The summed E-state index contributed by atoms with van der Waals surface area (Å²) in [6, 6.07) is 7.68. The lowest BCUT2D eigenvalue weighted by Crippen LogP contribution is -2.22. The predicted molar refractivity (Wildman–Crippen MR) is 70.1 cm³/mol. The van der Waals surface area contributed by atoms with Gasteiger partial charge >= 0.3 is 11.9 Å². The van der Waals surface area contributed by atoms with Gasteiger partial charge < -0.3 is 14.8 Å². The highest BCUT2D eigenvalue weighted by Gasteiger charge is 2.30. The molecule has 1 aliphatic heterocycles. The van der Waals surface area contributed by atoms with Crippen LogP contribution in [0.4, 0.5) is 5.69 Å². The fourth-order valence-electron chi connectivity index (χ4n) is 1.75. The molecule has 1 saturated heterocycles. The molecule has 0 aliphatic carbocycles. The number of carbonyl (C=O) groups is 3. The molecule has 7 nitrogen and oxygen atoms in total. The first kappa shape index (κ1) is 14.5. The quantitative estimate of drug-likeness (QED) is 0.829. The Morgan fingerprint density at radius 2 is 2.10 bits per heavy atom. The van der Waals surface area contributed by atoms with Crippen molar-refractivity contribution in [1.82, 2.24) is 0 Å². The van der Waals surface area contributed by atoms with E-state index in [2.05, 4.69) is 5.32 Å². The van der Waals surface area contributed by atoms with Gasteiger partial charge in [-0.2, -0.15) is 5.26 Å². The van der Waals surface area contributed by atoms with E-state index < -0.39 is 23.9 Å². The van der Waals surface area contributed by atoms with Crippen molar-refractivity contribution >= 4 is 23.5 Å². The van der Waals surface area contributed by atoms with E-state index in [9.17, 15) is 14.4 Å². The summed E-state index contributed by atoms with van der Waals surface area (Å²) in [5, 5.41) is 10.9. The maximum absolute atomic E-state index is 11.8. The van der Waals surface area contributed by atoms with Gasteiger partial charge in [-0.25, -0.2) is 9.59 Å². The molecule has 0 spiro atoms. The molecule has 7 heteroatoms. The second kappa shape index (κ2) is 6.52. The molecule has 1 amide bonds. The zero-order chi connectivity index (χ0) is 15.2. The molecule has 0 unspecified atom stereocenters. The molecule has 0 radical (unpaired) electrons. The van der Waals surface area contributed by atoms with Crippen molar-refractivity contribution in [2.24, 2.45) is 0 Å². The highest BCUT2D eigenvalue weighted by Crippen LogP contribution is 2.15. The van der Waals surface area contributed by atoms with Crippen molar-refractivity contribution < 1.29 is 23.9 Å². The third-order valence-corrected chi connectivity index (χ3v) is 2.78. The van der Waals surface area contributed by atoms with Crippen LogP contribution in [0, 0.1) is 11.3 Å². The van der Waals surface area contributed by atoms with Crippen molar-refractivity contribution in [2.75, 3.05) is 11.9 Å². The molecule has 21 heavy (non-hydrogen) atoms. The van der Waals surface area contributed by atoms with Gasteiger partial charge in [0.15, 0.2) is 0 Å². The summed E-state index contributed by atoms with van der Waals surface area (Å²) >= 11 is 0. The Bertz CT molecular complexity index is 603. The normalized spacial score (nSPS) is 16.7. The summed E-state index contributed by atoms with van der Waals surface area (Å²) in [6.45, 7) is 0.251. The first-order valence-electron chi connectivity index (χ1n) is 6.24. The maximum atomic E-state index is 11.8. The van der Waals surface area contributed by atoms with E-state index in [1.54, 1.807) is 6.07 Å². The lowest BCUT2D eigenvalue weighted by molar-refractivity contribution is -0.145. The van der Waals surface area contributed by atoms with Gasteiger partial charge in [0, 0.05) is 12.1 Å². The smallest absolute Gasteiger partial charge is 0.347 e. The van der Waals surface area contributed by atoms with E-state index in [0.717, 1.165) is 0 Å². The van der Waals surface area contributed by atoms with E-state index in [1.165, 1.54) is 24.3 Å². The Balaban J connectivity index is 1.95. The largest absolute Gasteiger partial charge is 0.463 e. The van der Waals surface area contributed by atoms with Crippen LogP contribution in [0.1, 0.15) is 23.2 Å². The minimum absolute atomic E-state index is 0.242. The van der Waals surface area contributed by atoms with Crippen LogP contribution in [-0.2, 0) is 19.1 Å². The third kappa shape index (κ3) is 3.79. The number of hydrogen-bond donors (Lipinski definition) is 1. The molecule has 0 saturated carbocycles. The minimum Gasteiger partial charge on any atom is -0.463 e.